The fraction of sp³-hybridized carbons (Fsp3) is 0.0833. The maximum atomic E-state index is 11.1. The second-order valence-electron chi connectivity index (χ2n) is 3.73. The van der Waals surface area contributed by atoms with Crippen LogP contribution < -0.4 is 0 Å². The standard InChI is InChI=1S/C12H8ClN3O3S/c1-7-14-11(13)8(6-17)12(15-7)20-10-5-3-2-4-9(10)16(18)19/h2-6H,1H3. The topological polar surface area (TPSA) is 86.0 Å². The van der Waals surface area contributed by atoms with E-state index in [1.807, 2.05) is 0 Å². The first-order valence-electron chi connectivity index (χ1n) is 5.43. The molecule has 0 aliphatic carbocycles. The van der Waals surface area contributed by atoms with Crippen molar-refractivity contribution in [3.8, 4) is 0 Å². The summed E-state index contributed by atoms with van der Waals surface area (Å²) in [6, 6.07) is 6.22. The summed E-state index contributed by atoms with van der Waals surface area (Å²) < 4.78 is 0. The van der Waals surface area contributed by atoms with Gasteiger partial charge in [0.05, 0.1) is 15.4 Å². The molecule has 102 valence electrons. The summed E-state index contributed by atoms with van der Waals surface area (Å²) in [6.07, 6.45) is 0.541. The zero-order valence-corrected chi connectivity index (χ0v) is 11.8. The van der Waals surface area contributed by atoms with Crippen LogP contribution in [0.25, 0.3) is 0 Å². The third-order valence-corrected chi connectivity index (χ3v) is 3.72. The molecule has 1 aromatic heterocycles. The number of aldehydes is 1. The van der Waals surface area contributed by atoms with Gasteiger partial charge in [-0.2, -0.15) is 0 Å². The molecular weight excluding hydrogens is 302 g/mol. The Bertz CT molecular complexity index is 694. The van der Waals surface area contributed by atoms with Gasteiger partial charge in [-0.15, -0.1) is 0 Å². The van der Waals surface area contributed by atoms with Crippen molar-refractivity contribution in [2.24, 2.45) is 0 Å². The number of nitro groups is 1. The molecular formula is C12H8ClN3O3S. The highest BCUT2D eigenvalue weighted by Crippen LogP contribution is 2.36. The molecule has 0 atom stereocenters. The summed E-state index contributed by atoms with van der Waals surface area (Å²) in [5.41, 5.74) is 0.0714. The first-order chi connectivity index (χ1) is 9.52. The van der Waals surface area contributed by atoms with E-state index in [1.165, 1.54) is 6.07 Å². The van der Waals surface area contributed by atoms with Gasteiger partial charge in [0.2, 0.25) is 0 Å². The van der Waals surface area contributed by atoms with Crippen molar-refractivity contribution >= 4 is 35.3 Å². The lowest BCUT2D eigenvalue weighted by molar-refractivity contribution is -0.387. The van der Waals surface area contributed by atoms with Crippen LogP contribution in [0.15, 0.2) is 34.2 Å². The fourth-order valence-corrected chi connectivity index (χ4v) is 2.84. The molecule has 0 amide bonds. The maximum absolute atomic E-state index is 11.1. The number of carbonyl (C=O) groups is 1. The van der Waals surface area contributed by atoms with E-state index in [0.717, 1.165) is 11.8 Å². The average molecular weight is 310 g/mol. The molecule has 0 N–H and O–H groups in total. The molecule has 2 aromatic rings. The first-order valence-corrected chi connectivity index (χ1v) is 6.63. The molecule has 0 saturated heterocycles. The minimum absolute atomic E-state index is 0.0357. The van der Waals surface area contributed by atoms with Gasteiger partial charge < -0.3 is 0 Å². The SMILES string of the molecule is Cc1nc(Cl)c(C=O)c(Sc2ccccc2[N+](=O)[O-])n1. The molecule has 1 heterocycles. The number of halogens is 1. The molecule has 1 aromatic carbocycles. The van der Waals surface area contributed by atoms with Crippen LogP contribution in [-0.4, -0.2) is 21.2 Å². The van der Waals surface area contributed by atoms with Crippen molar-refractivity contribution in [2.75, 3.05) is 0 Å². The van der Waals surface area contributed by atoms with E-state index in [0.29, 0.717) is 22.0 Å². The quantitative estimate of drug-likeness (QED) is 0.373. The monoisotopic (exact) mass is 309 g/mol. The predicted octanol–water partition coefficient (Wildman–Crippen LogP) is 3.31. The van der Waals surface area contributed by atoms with Gasteiger partial charge in [-0.05, 0) is 13.0 Å². The van der Waals surface area contributed by atoms with E-state index in [4.69, 9.17) is 11.6 Å². The van der Waals surface area contributed by atoms with Crippen LogP contribution in [-0.2, 0) is 0 Å². The summed E-state index contributed by atoms with van der Waals surface area (Å²) in [5.74, 6) is 0.390. The first kappa shape index (κ1) is 14.4. The van der Waals surface area contributed by atoms with Gasteiger partial charge in [-0.1, -0.05) is 35.5 Å². The molecule has 0 bridgehead atoms. The Kier molecular flexibility index (Phi) is 4.31. The molecule has 0 radical (unpaired) electrons. The lowest BCUT2D eigenvalue weighted by Crippen LogP contribution is -1.99. The maximum Gasteiger partial charge on any atom is 0.283 e. The molecule has 8 heteroatoms. The zero-order chi connectivity index (χ0) is 14.7. The number of nitro benzene ring substituents is 1. The Labute approximate surface area is 123 Å². The minimum atomic E-state index is -0.488. The Morgan fingerprint density at radius 1 is 1.35 bits per heavy atom. The Balaban J connectivity index is 2.50. The van der Waals surface area contributed by atoms with Gasteiger partial charge in [-0.25, -0.2) is 9.97 Å². The van der Waals surface area contributed by atoms with Crippen molar-refractivity contribution < 1.29 is 9.72 Å². The van der Waals surface area contributed by atoms with Gasteiger partial charge >= 0.3 is 0 Å². The Morgan fingerprint density at radius 2 is 2.05 bits per heavy atom. The van der Waals surface area contributed by atoms with E-state index in [2.05, 4.69) is 9.97 Å². The van der Waals surface area contributed by atoms with Gasteiger partial charge in [-0.3, -0.25) is 14.9 Å². The Morgan fingerprint density at radius 3 is 2.70 bits per heavy atom. The molecule has 0 saturated carbocycles. The molecule has 0 fully saturated rings. The second kappa shape index (κ2) is 5.98. The second-order valence-corrected chi connectivity index (χ2v) is 5.11. The molecule has 0 aliphatic rings. The third-order valence-electron chi connectivity index (χ3n) is 2.36. The predicted molar refractivity (Wildman–Crippen MR) is 74.4 cm³/mol. The van der Waals surface area contributed by atoms with Crippen molar-refractivity contribution in [3.05, 3.63) is 50.9 Å². The summed E-state index contributed by atoms with van der Waals surface area (Å²) in [6.45, 7) is 1.63. The molecule has 20 heavy (non-hydrogen) atoms. The van der Waals surface area contributed by atoms with Gasteiger partial charge in [0.25, 0.3) is 5.69 Å². The highest BCUT2D eigenvalue weighted by Gasteiger charge is 2.18. The molecule has 0 unspecified atom stereocenters. The number of aromatic nitrogens is 2. The smallest absolute Gasteiger partial charge is 0.283 e. The largest absolute Gasteiger partial charge is 0.298 e. The highest BCUT2D eigenvalue weighted by atomic mass is 35.5. The number of rotatable bonds is 4. The Hall–Kier alpha value is -1.99. The molecule has 2 rings (SSSR count). The van der Waals surface area contributed by atoms with Crippen LogP contribution >= 0.6 is 23.4 Å². The van der Waals surface area contributed by atoms with Crippen LogP contribution in [0.5, 0.6) is 0 Å². The van der Waals surface area contributed by atoms with Gasteiger partial charge in [0.1, 0.15) is 16.0 Å². The number of benzene rings is 1. The van der Waals surface area contributed by atoms with Crippen LogP contribution in [0.4, 0.5) is 5.69 Å². The molecule has 0 aliphatic heterocycles. The van der Waals surface area contributed by atoms with E-state index < -0.39 is 4.92 Å². The number of hydrogen-bond acceptors (Lipinski definition) is 6. The van der Waals surface area contributed by atoms with Crippen molar-refractivity contribution in [1.82, 2.24) is 9.97 Å². The van der Waals surface area contributed by atoms with E-state index >= 15 is 0 Å². The lowest BCUT2D eigenvalue weighted by atomic mass is 10.3. The normalized spacial score (nSPS) is 10.3. The summed E-state index contributed by atoms with van der Waals surface area (Å²) in [5, 5.41) is 11.3. The van der Waals surface area contributed by atoms with Gasteiger partial charge in [0, 0.05) is 6.07 Å². The average Bonchev–Trinajstić information content (AvgIpc) is 2.38. The van der Waals surface area contributed by atoms with Crippen molar-refractivity contribution in [3.63, 3.8) is 0 Å². The van der Waals surface area contributed by atoms with Crippen LogP contribution in [0.1, 0.15) is 16.2 Å². The van der Waals surface area contributed by atoms with Crippen LogP contribution in [0.2, 0.25) is 5.15 Å². The number of para-hydroxylation sites is 1. The van der Waals surface area contributed by atoms with Crippen molar-refractivity contribution in [1.29, 1.82) is 0 Å². The van der Waals surface area contributed by atoms with Crippen LogP contribution in [0, 0.1) is 17.0 Å². The number of carbonyl (C=O) groups excluding carboxylic acids is 1. The summed E-state index contributed by atoms with van der Waals surface area (Å²) in [7, 11) is 0. The molecule has 0 spiro atoms. The van der Waals surface area contributed by atoms with Crippen LogP contribution in [0.3, 0.4) is 0 Å². The number of aryl methyl sites for hydroxylation is 1. The minimum Gasteiger partial charge on any atom is -0.298 e. The van der Waals surface area contributed by atoms with E-state index in [1.54, 1.807) is 25.1 Å². The summed E-state index contributed by atoms with van der Waals surface area (Å²) in [4.78, 5) is 29.9. The van der Waals surface area contributed by atoms with Gasteiger partial charge in [0.15, 0.2) is 6.29 Å². The van der Waals surface area contributed by atoms with E-state index in [-0.39, 0.29) is 16.4 Å². The van der Waals surface area contributed by atoms with E-state index in [9.17, 15) is 14.9 Å². The summed E-state index contributed by atoms with van der Waals surface area (Å²) >= 11 is 6.89. The number of hydrogen-bond donors (Lipinski definition) is 0. The molecule has 6 nitrogen and oxygen atoms in total. The third kappa shape index (κ3) is 2.94. The van der Waals surface area contributed by atoms with Crippen molar-refractivity contribution in [2.45, 2.75) is 16.8 Å². The lowest BCUT2D eigenvalue weighted by Gasteiger charge is -2.06. The highest BCUT2D eigenvalue weighted by molar-refractivity contribution is 7.99. The zero-order valence-electron chi connectivity index (χ0n) is 10.2. The fourth-order valence-electron chi connectivity index (χ4n) is 1.50. The number of nitrogens with zero attached hydrogens (tertiary/aromatic N) is 3.